The van der Waals surface area contributed by atoms with Crippen LogP contribution in [0.1, 0.15) is 17.4 Å². The van der Waals surface area contributed by atoms with Gasteiger partial charge in [-0.25, -0.2) is 9.59 Å². The number of carboxylic acid groups (broad SMARTS) is 1. The molecule has 0 aliphatic carbocycles. The van der Waals surface area contributed by atoms with E-state index >= 15 is 0 Å². The molecule has 0 saturated heterocycles. The molecule has 1 rings (SSSR count). The van der Waals surface area contributed by atoms with Gasteiger partial charge in [-0.05, 0) is 23.9 Å². The van der Waals surface area contributed by atoms with Crippen LogP contribution in [0.2, 0.25) is 0 Å². The Kier molecular flexibility index (Phi) is 4.85. The predicted molar refractivity (Wildman–Crippen MR) is 70.5 cm³/mol. The number of carboxylic acids is 1. The fraction of sp³-hybridized carbons (Fsp3) is 0.231. The topological polar surface area (TPSA) is 63.6 Å². The highest BCUT2D eigenvalue weighted by Gasteiger charge is 2.14. The number of hydrogen-bond acceptors (Lipinski definition) is 4. The van der Waals surface area contributed by atoms with Gasteiger partial charge in [-0.15, -0.1) is 11.3 Å². The van der Waals surface area contributed by atoms with Crippen molar-refractivity contribution in [1.29, 1.82) is 0 Å². The van der Waals surface area contributed by atoms with Crippen LogP contribution in [-0.4, -0.2) is 23.7 Å². The van der Waals surface area contributed by atoms with Crippen LogP contribution in [0.3, 0.4) is 0 Å². The fourth-order valence-corrected chi connectivity index (χ4v) is 2.19. The number of hydrogen-bond donors (Lipinski definition) is 1. The van der Waals surface area contributed by atoms with Crippen LogP contribution in [0.25, 0.3) is 5.57 Å². The molecule has 1 N–H and O–H groups in total. The van der Waals surface area contributed by atoms with Gasteiger partial charge in [0, 0.05) is 16.9 Å². The number of ether oxygens (including phenoxy) is 1. The van der Waals surface area contributed by atoms with Crippen LogP contribution in [0.4, 0.5) is 0 Å². The van der Waals surface area contributed by atoms with E-state index in [-0.39, 0.29) is 12.2 Å². The van der Waals surface area contributed by atoms with Crippen LogP contribution >= 0.6 is 11.3 Å². The Bertz CT molecular complexity index is 499. The third-order valence-corrected chi connectivity index (χ3v) is 3.25. The van der Waals surface area contributed by atoms with Gasteiger partial charge < -0.3 is 9.84 Å². The molecule has 5 heteroatoms. The molecule has 1 aromatic heterocycles. The smallest absolute Gasteiger partial charge is 0.336 e. The van der Waals surface area contributed by atoms with Crippen molar-refractivity contribution in [2.75, 3.05) is 6.61 Å². The Balaban J connectivity index is 2.61. The van der Waals surface area contributed by atoms with E-state index in [1.54, 1.807) is 12.3 Å². The molecule has 0 atom stereocenters. The van der Waals surface area contributed by atoms with Crippen molar-refractivity contribution in [3.63, 3.8) is 0 Å². The van der Waals surface area contributed by atoms with Gasteiger partial charge in [0.2, 0.25) is 0 Å². The molecule has 18 heavy (non-hydrogen) atoms. The molecular weight excluding hydrogens is 252 g/mol. The van der Waals surface area contributed by atoms with Crippen LogP contribution in [0, 0.1) is 0 Å². The van der Waals surface area contributed by atoms with E-state index in [1.807, 2.05) is 6.07 Å². The lowest BCUT2D eigenvalue weighted by Gasteiger charge is -2.05. The summed E-state index contributed by atoms with van der Waals surface area (Å²) in [5, 5.41) is 10.7. The summed E-state index contributed by atoms with van der Waals surface area (Å²) in [6, 6.07) is 1.81. The maximum atomic E-state index is 11.2. The Labute approximate surface area is 109 Å². The van der Waals surface area contributed by atoms with Crippen molar-refractivity contribution < 1.29 is 19.4 Å². The van der Waals surface area contributed by atoms with Crippen molar-refractivity contribution >= 4 is 28.8 Å². The van der Waals surface area contributed by atoms with E-state index in [2.05, 4.69) is 13.2 Å². The lowest BCUT2D eigenvalue weighted by molar-refractivity contribution is -0.138. The molecule has 0 aliphatic heterocycles. The lowest BCUT2D eigenvalue weighted by Crippen LogP contribution is -2.08. The molecule has 0 radical (unpaired) electrons. The second-order valence-electron chi connectivity index (χ2n) is 3.72. The number of aliphatic carboxylic acids is 1. The van der Waals surface area contributed by atoms with Gasteiger partial charge in [0.15, 0.2) is 0 Å². The number of esters is 1. The molecule has 0 saturated carbocycles. The first-order chi connectivity index (χ1) is 8.43. The third kappa shape index (κ3) is 3.56. The van der Waals surface area contributed by atoms with Crippen molar-refractivity contribution in [3.8, 4) is 0 Å². The second-order valence-corrected chi connectivity index (χ2v) is 4.64. The summed E-state index contributed by atoms with van der Waals surface area (Å²) in [7, 11) is 0. The van der Waals surface area contributed by atoms with Gasteiger partial charge in [0.05, 0.1) is 12.2 Å². The number of rotatable bonds is 6. The number of carbonyl (C=O) groups excluding carboxylic acids is 1. The highest BCUT2D eigenvalue weighted by molar-refractivity contribution is 7.11. The minimum Gasteiger partial charge on any atom is -0.478 e. The Morgan fingerprint density at radius 1 is 1.44 bits per heavy atom. The summed E-state index contributed by atoms with van der Waals surface area (Å²) in [5.41, 5.74) is 1.23. The Hall–Kier alpha value is -1.88. The molecule has 0 spiro atoms. The van der Waals surface area contributed by atoms with Crippen molar-refractivity contribution in [1.82, 2.24) is 0 Å². The van der Waals surface area contributed by atoms with E-state index in [0.29, 0.717) is 16.9 Å². The van der Waals surface area contributed by atoms with E-state index in [9.17, 15) is 9.59 Å². The van der Waals surface area contributed by atoms with Gasteiger partial charge in [0.25, 0.3) is 0 Å². The molecule has 1 heterocycles. The first-order valence-electron chi connectivity index (χ1n) is 5.25. The zero-order chi connectivity index (χ0) is 13.7. The maximum absolute atomic E-state index is 11.2. The molecule has 0 aromatic carbocycles. The normalized spacial score (nSPS) is 9.83. The monoisotopic (exact) mass is 266 g/mol. The average Bonchev–Trinajstić information content (AvgIpc) is 2.75. The molecule has 0 fully saturated rings. The van der Waals surface area contributed by atoms with Gasteiger partial charge in [-0.1, -0.05) is 13.2 Å². The molecule has 0 aliphatic rings. The summed E-state index contributed by atoms with van der Waals surface area (Å²) >= 11 is 1.31. The molecular formula is C13H14O4S. The minimum atomic E-state index is -1.04. The SMILES string of the molecule is C=C(C)C(=O)OCCc1ccsc1C(=C)C(=O)O. The fourth-order valence-electron chi connectivity index (χ4n) is 1.27. The second kappa shape index (κ2) is 6.16. The van der Waals surface area contributed by atoms with E-state index in [0.717, 1.165) is 5.56 Å². The molecule has 0 amide bonds. The minimum absolute atomic E-state index is 0.0613. The maximum Gasteiger partial charge on any atom is 0.336 e. The largest absolute Gasteiger partial charge is 0.478 e. The zero-order valence-corrected chi connectivity index (χ0v) is 10.9. The standard InChI is InChI=1S/C13H14O4S/c1-8(2)13(16)17-6-4-10-5-7-18-11(10)9(3)12(14)15/h5,7H,1,3-4,6H2,2H3,(H,14,15). The quantitative estimate of drug-likeness (QED) is 0.634. The summed E-state index contributed by atoms with van der Waals surface area (Å²) < 4.78 is 4.96. The van der Waals surface area contributed by atoms with Gasteiger partial charge in [0.1, 0.15) is 0 Å². The van der Waals surface area contributed by atoms with Crippen LogP contribution < -0.4 is 0 Å². The molecule has 0 unspecified atom stereocenters. The highest BCUT2D eigenvalue weighted by atomic mass is 32.1. The zero-order valence-electron chi connectivity index (χ0n) is 10.1. The predicted octanol–water partition coefficient (Wildman–Crippen LogP) is 2.51. The van der Waals surface area contributed by atoms with Crippen molar-refractivity contribution in [2.24, 2.45) is 0 Å². The van der Waals surface area contributed by atoms with Crippen molar-refractivity contribution in [3.05, 3.63) is 40.6 Å². The summed E-state index contributed by atoms with van der Waals surface area (Å²) in [6.07, 6.45) is 0.462. The highest BCUT2D eigenvalue weighted by Crippen LogP contribution is 2.25. The number of carbonyl (C=O) groups is 2. The van der Waals surface area contributed by atoms with Crippen molar-refractivity contribution in [2.45, 2.75) is 13.3 Å². The summed E-state index contributed by atoms with van der Waals surface area (Å²) in [6.45, 7) is 8.76. The Morgan fingerprint density at radius 3 is 2.67 bits per heavy atom. The van der Waals surface area contributed by atoms with Gasteiger partial charge in [-0.2, -0.15) is 0 Å². The van der Waals surface area contributed by atoms with Crippen LogP contribution in [0.15, 0.2) is 30.2 Å². The first-order valence-corrected chi connectivity index (χ1v) is 6.13. The first kappa shape index (κ1) is 14.2. The Morgan fingerprint density at radius 2 is 2.11 bits per heavy atom. The molecule has 4 nitrogen and oxygen atoms in total. The van der Waals surface area contributed by atoms with Crippen LogP contribution in [0.5, 0.6) is 0 Å². The summed E-state index contributed by atoms with van der Waals surface area (Å²) in [4.78, 5) is 22.6. The van der Waals surface area contributed by atoms with E-state index in [1.165, 1.54) is 11.3 Å². The number of thiophene rings is 1. The average molecular weight is 266 g/mol. The van der Waals surface area contributed by atoms with E-state index in [4.69, 9.17) is 9.84 Å². The van der Waals surface area contributed by atoms with Crippen LogP contribution in [-0.2, 0) is 20.7 Å². The van der Waals surface area contributed by atoms with E-state index < -0.39 is 11.9 Å². The van der Waals surface area contributed by atoms with Gasteiger partial charge >= 0.3 is 11.9 Å². The molecule has 96 valence electrons. The third-order valence-electron chi connectivity index (χ3n) is 2.23. The molecule has 0 bridgehead atoms. The summed E-state index contributed by atoms with van der Waals surface area (Å²) in [5.74, 6) is -1.48. The molecule has 1 aromatic rings. The van der Waals surface area contributed by atoms with Gasteiger partial charge in [-0.3, -0.25) is 0 Å². The lowest BCUT2D eigenvalue weighted by atomic mass is 10.1.